The van der Waals surface area contributed by atoms with Crippen molar-refractivity contribution in [2.75, 3.05) is 5.33 Å². The number of allylic oxidation sites excluding steroid dienone is 2. The number of rotatable bonds is 1. The molecule has 0 heterocycles. The standard InChI is InChI=1S/C9H13Br/c10-6-7-4-9(5-7)8-2-1-3-8/h7H,1-6H2. The van der Waals surface area contributed by atoms with E-state index >= 15 is 0 Å². The molecule has 10 heavy (non-hydrogen) atoms. The molecule has 0 atom stereocenters. The van der Waals surface area contributed by atoms with Crippen LogP contribution in [0, 0.1) is 5.92 Å². The third kappa shape index (κ3) is 1.05. The topological polar surface area (TPSA) is 0 Å². The third-order valence-corrected chi connectivity index (χ3v) is 3.66. The number of hydrogen-bond donors (Lipinski definition) is 0. The van der Waals surface area contributed by atoms with Gasteiger partial charge in [0.2, 0.25) is 0 Å². The number of alkyl halides is 1. The van der Waals surface area contributed by atoms with Gasteiger partial charge in [-0.25, -0.2) is 0 Å². The van der Waals surface area contributed by atoms with E-state index < -0.39 is 0 Å². The maximum absolute atomic E-state index is 3.52. The maximum Gasteiger partial charge on any atom is 0.00657 e. The summed E-state index contributed by atoms with van der Waals surface area (Å²) in [5.74, 6) is 0.975. The predicted octanol–water partition coefficient (Wildman–Crippen LogP) is 3.27. The Balaban J connectivity index is 1.88. The SMILES string of the molecule is BrCC1CC(=C2CCC2)C1. The molecule has 0 unspecified atom stereocenters. The predicted molar refractivity (Wildman–Crippen MR) is 47.4 cm³/mol. The molecule has 0 aliphatic heterocycles. The zero-order chi connectivity index (χ0) is 6.97. The summed E-state index contributed by atoms with van der Waals surface area (Å²) in [6.07, 6.45) is 7.10. The Bertz CT molecular complexity index is 156. The highest BCUT2D eigenvalue weighted by Crippen LogP contribution is 2.42. The van der Waals surface area contributed by atoms with E-state index in [0.717, 1.165) is 5.92 Å². The molecule has 0 radical (unpaired) electrons. The second-order valence-electron chi connectivity index (χ2n) is 3.49. The molecule has 0 aromatic rings. The second kappa shape index (κ2) is 2.69. The minimum absolute atomic E-state index is 0.975. The molecule has 0 saturated heterocycles. The average Bonchev–Trinajstić information content (AvgIpc) is 1.72. The highest BCUT2D eigenvalue weighted by atomic mass is 79.9. The molecule has 0 bridgehead atoms. The summed E-state index contributed by atoms with van der Waals surface area (Å²) >= 11 is 3.52. The summed E-state index contributed by atoms with van der Waals surface area (Å²) in [7, 11) is 0. The van der Waals surface area contributed by atoms with Crippen LogP contribution in [0.3, 0.4) is 0 Å². The number of halogens is 1. The van der Waals surface area contributed by atoms with E-state index in [-0.39, 0.29) is 0 Å². The van der Waals surface area contributed by atoms with Crippen molar-refractivity contribution < 1.29 is 0 Å². The van der Waals surface area contributed by atoms with Gasteiger partial charge in [-0.3, -0.25) is 0 Å². The van der Waals surface area contributed by atoms with Gasteiger partial charge in [0, 0.05) is 5.33 Å². The van der Waals surface area contributed by atoms with Crippen LogP contribution in [0.2, 0.25) is 0 Å². The summed E-state index contributed by atoms with van der Waals surface area (Å²) < 4.78 is 0. The normalized spacial score (nSPS) is 31.5. The van der Waals surface area contributed by atoms with Crippen molar-refractivity contribution in [2.45, 2.75) is 32.1 Å². The van der Waals surface area contributed by atoms with Crippen molar-refractivity contribution in [2.24, 2.45) is 5.92 Å². The Morgan fingerprint density at radius 2 is 1.90 bits per heavy atom. The Morgan fingerprint density at radius 1 is 1.20 bits per heavy atom. The average molecular weight is 201 g/mol. The second-order valence-corrected chi connectivity index (χ2v) is 4.14. The van der Waals surface area contributed by atoms with E-state index in [1.54, 1.807) is 11.1 Å². The summed E-state index contributed by atoms with van der Waals surface area (Å²) in [5, 5.41) is 1.21. The van der Waals surface area contributed by atoms with Crippen LogP contribution in [0.15, 0.2) is 11.1 Å². The van der Waals surface area contributed by atoms with E-state index in [2.05, 4.69) is 15.9 Å². The molecule has 56 valence electrons. The van der Waals surface area contributed by atoms with Crippen LogP contribution in [0.1, 0.15) is 32.1 Å². The van der Waals surface area contributed by atoms with Crippen molar-refractivity contribution in [3.05, 3.63) is 11.1 Å². The largest absolute Gasteiger partial charge is 0.0925 e. The maximum atomic E-state index is 3.52. The van der Waals surface area contributed by atoms with Gasteiger partial charge < -0.3 is 0 Å². The van der Waals surface area contributed by atoms with Crippen LogP contribution in [0.5, 0.6) is 0 Å². The zero-order valence-corrected chi connectivity index (χ0v) is 7.78. The molecule has 1 heteroatoms. The van der Waals surface area contributed by atoms with Crippen molar-refractivity contribution in [3.63, 3.8) is 0 Å². The zero-order valence-electron chi connectivity index (χ0n) is 6.20. The summed E-state index contributed by atoms with van der Waals surface area (Å²) in [4.78, 5) is 0. The van der Waals surface area contributed by atoms with Crippen LogP contribution >= 0.6 is 15.9 Å². The quantitative estimate of drug-likeness (QED) is 0.451. The van der Waals surface area contributed by atoms with E-state index in [0.29, 0.717) is 0 Å². The first-order valence-corrected chi connectivity index (χ1v) is 5.28. The summed E-state index contributed by atoms with van der Waals surface area (Å²) in [6.45, 7) is 0. The molecule has 0 N–H and O–H groups in total. The van der Waals surface area contributed by atoms with Crippen LogP contribution in [-0.4, -0.2) is 5.33 Å². The Kier molecular flexibility index (Phi) is 1.86. The Labute approximate surface area is 70.8 Å². The lowest BCUT2D eigenvalue weighted by molar-refractivity contribution is 0.446. The van der Waals surface area contributed by atoms with Gasteiger partial charge in [-0.05, 0) is 38.0 Å². The van der Waals surface area contributed by atoms with Crippen molar-refractivity contribution in [1.82, 2.24) is 0 Å². The van der Waals surface area contributed by atoms with Crippen molar-refractivity contribution in [3.8, 4) is 0 Å². The smallest absolute Gasteiger partial charge is 0.00657 e. The molecule has 2 rings (SSSR count). The van der Waals surface area contributed by atoms with Crippen LogP contribution in [0.25, 0.3) is 0 Å². The Morgan fingerprint density at radius 3 is 2.30 bits per heavy atom. The van der Waals surface area contributed by atoms with Crippen LogP contribution in [-0.2, 0) is 0 Å². The van der Waals surface area contributed by atoms with Crippen LogP contribution in [0.4, 0.5) is 0 Å². The molecule has 2 saturated carbocycles. The van der Waals surface area contributed by atoms with E-state index in [9.17, 15) is 0 Å². The molecule has 0 nitrogen and oxygen atoms in total. The molecule has 0 aromatic carbocycles. The molecule has 2 fully saturated rings. The minimum Gasteiger partial charge on any atom is -0.0925 e. The highest BCUT2D eigenvalue weighted by molar-refractivity contribution is 9.09. The fourth-order valence-electron chi connectivity index (χ4n) is 1.74. The van der Waals surface area contributed by atoms with E-state index in [1.165, 1.54) is 37.4 Å². The molecular formula is C9H13Br. The fourth-order valence-corrected chi connectivity index (χ4v) is 2.20. The lowest BCUT2D eigenvalue weighted by atomic mass is 9.74. The van der Waals surface area contributed by atoms with Crippen LogP contribution < -0.4 is 0 Å². The first-order valence-electron chi connectivity index (χ1n) is 4.16. The van der Waals surface area contributed by atoms with Gasteiger partial charge in [-0.1, -0.05) is 27.1 Å². The molecule has 0 amide bonds. The monoisotopic (exact) mass is 200 g/mol. The first kappa shape index (κ1) is 6.90. The van der Waals surface area contributed by atoms with Gasteiger partial charge >= 0.3 is 0 Å². The molecule has 2 aliphatic rings. The van der Waals surface area contributed by atoms with Crippen molar-refractivity contribution >= 4 is 15.9 Å². The molecule has 2 aliphatic carbocycles. The lowest BCUT2D eigenvalue weighted by Crippen LogP contribution is -2.19. The molecule has 0 aromatic heterocycles. The Hall–Kier alpha value is 0.220. The van der Waals surface area contributed by atoms with Gasteiger partial charge in [0.15, 0.2) is 0 Å². The lowest BCUT2D eigenvalue weighted by Gasteiger charge is -2.33. The molecular weight excluding hydrogens is 188 g/mol. The first-order chi connectivity index (χ1) is 4.90. The van der Waals surface area contributed by atoms with Gasteiger partial charge in [0.05, 0.1) is 0 Å². The van der Waals surface area contributed by atoms with Gasteiger partial charge in [0.25, 0.3) is 0 Å². The third-order valence-electron chi connectivity index (χ3n) is 2.75. The highest BCUT2D eigenvalue weighted by Gasteiger charge is 2.26. The molecule has 0 spiro atoms. The van der Waals surface area contributed by atoms with E-state index in [1.807, 2.05) is 0 Å². The number of hydrogen-bond acceptors (Lipinski definition) is 0. The summed E-state index contributed by atoms with van der Waals surface area (Å²) in [5.41, 5.74) is 3.60. The van der Waals surface area contributed by atoms with E-state index in [4.69, 9.17) is 0 Å². The fraction of sp³-hybridized carbons (Fsp3) is 0.778. The van der Waals surface area contributed by atoms with Crippen molar-refractivity contribution in [1.29, 1.82) is 0 Å². The van der Waals surface area contributed by atoms with Gasteiger partial charge in [0.1, 0.15) is 0 Å². The minimum atomic E-state index is 0.975. The summed E-state index contributed by atoms with van der Waals surface area (Å²) in [6, 6.07) is 0. The van der Waals surface area contributed by atoms with Gasteiger partial charge in [-0.2, -0.15) is 0 Å². The van der Waals surface area contributed by atoms with Gasteiger partial charge in [-0.15, -0.1) is 0 Å².